The van der Waals surface area contributed by atoms with Crippen LogP contribution in [0.15, 0.2) is 6.20 Å². The Hall–Kier alpha value is -0.900. The number of esters is 1. The number of methoxy groups -OCH3 is 1. The quantitative estimate of drug-likeness (QED) is 0.470. The Morgan fingerprint density at radius 3 is 2.94 bits per heavy atom. The van der Waals surface area contributed by atoms with Crippen LogP contribution in [0.1, 0.15) is 16.9 Å². The zero-order valence-electron chi connectivity index (χ0n) is 9.46. The molecule has 2 rings (SSSR count). The van der Waals surface area contributed by atoms with Crippen LogP contribution in [0.5, 0.6) is 0 Å². The van der Waals surface area contributed by atoms with Crippen LogP contribution in [-0.4, -0.2) is 40.7 Å². The van der Waals surface area contributed by atoms with E-state index in [4.69, 9.17) is 0 Å². The predicted molar refractivity (Wildman–Crippen MR) is 75.8 cm³/mol. The summed E-state index contributed by atoms with van der Waals surface area (Å²) in [4.78, 5) is 33.1. The summed E-state index contributed by atoms with van der Waals surface area (Å²) in [5, 5.41) is -0.0518. The molecule has 0 spiro atoms. The summed E-state index contributed by atoms with van der Waals surface area (Å²) in [6.45, 7) is 0.418. The van der Waals surface area contributed by atoms with Crippen LogP contribution in [0.25, 0.3) is 0 Å². The van der Waals surface area contributed by atoms with Crippen LogP contribution in [0.2, 0.25) is 0 Å². The maximum absolute atomic E-state index is 11.8. The zero-order chi connectivity index (χ0) is 13.3. The molecule has 1 atom stereocenters. The number of carbonyl (C=O) groups is 2. The third kappa shape index (κ3) is 2.58. The van der Waals surface area contributed by atoms with E-state index in [1.54, 1.807) is 0 Å². The van der Waals surface area contributed by atoms with Gasteiger partial charge in [0, 0.05) is 18.2 Å². The molecule has 1 aliphatic rings. The van der Waals surface area contributed by atoms with Crippen molar-refractivity contribution >= 4 is 52.9 Å². The molecule has 1 aromatic heterocycles. The molecule has 2 heterocycles. The fraction of sp³-hybridized carbons (Fsp3) is 0.400. The minimum atomic E-state index is -0.605. The molecule has 0 aliphatic carbocycles. The van der Waals surface area contributed by atoms with Gasteiger partial charge in [0.25, 0.3) is 0 Å². The highest BCUT2D eigenvalue weighted by atomic mass is 127. The van der Waals surface area contributed by atoms with Crippen LogP contribution in [0, 0.1) is 3.70 Å². The first-order valence-corrected chi connectivity index (χ1v) is 6.71. The molecule has 6 nitrogen and oxygen atoms in total. The normalized spacial score (nSPS) is 19.2. The second-order valence-electron chi connectivity index (χ2n) is 3.72. The maximum atomic E-state index is 11.8. The van der Waals surface area contributed by atoms with E-state index in [1.165, 1.54) is 18.2 Å². The Bertz CT molecular complexity index is 511. The summed E-state index contributed by atoms with van der Waals surface area (Å²) in [5.41, 5.74) is 0.0557. The van der Waals surface area contributed by atoms with E-state index in [-0.39, 0.29) is 22.7 Å². The van der Waals surface area contributed by atoms with Crippen molar-refractivity contribution in [2.75, 3.05) is 18.6 Å². The fourth-order valence-electron chi connectivity index (χ4n) is 1.69. The van der Waals surface area contributed by atoms with Gasteiger partial charge in [0.15, 0.2) is 11.5 Å². The summed E-state index contributed by atoms with van der Waals surface area (Å²) >= 11 is 6.21. The lowest BCUT2D eigenvalue weighted by Crippen LogP contribution is -2.28. The lowest BCUT2D eigenvalue weighted by atomic mass is 10.3. The summed E-state index contributed by atoms with van der Waals surface area (Å²) in [7, 11) is 1.26. The number of ether oxygens (including phenoxy) is 1. The number of amides is 1. The van der Waals surface area contributed by atoms with Gasteiger partial charge >= 0.3 is 5.97 Å². The second-order valence-corrected chi connectivity index (χ2v) is 5.55. The van der Waals surface area contributed by atoms with E-state index in [9.17, 15) is 9.59 Å². The summed E-state index contributed by atoms with van der Waals surface area (Å²) in [5.74, 6) is -0.481. The van der Waals surface area contributed by atoms with Crippen LogP contribution >= 0.6 is 35.2 Å². The SMILES string of the molecule is COC(=O)c1nc(I)cnc1N1CC(S)CC1=O. The highest BCUT2D eigenvalue weighted by molar-refractivity contribution is 14.1. The molecule has 1 saturated heterocycles. The van der Waals surface area contributed by atoms with E-state index in [1.807, 2.05) is 22.6 Å². The Kier molecular flexibility index (Phi) is 4.05. The number of thiol groups is 1. The van der Waals surface area contributed by atoms with Gasteiger partial charge in [0.05, 0.1) is 13.3 Å². The van der Waals surface area contributed by atoms with E-state index >= 15 is 0 Å². The number of hydrogen-bond donors (Lipinski definition) is 1. The van der Waals surface area contributed by atoms with E-state index < -0.39 is 5.97 Å². The van der Waals surface area contributed by atoms with Crippen molar-refractivity contribution in [1.29, 1.82) is 0 Å². The first kappa shape index (κ1) is 13.5. The third-order valence-corrected chi connectivity index (χ3v) is 3.33. The molecule has 8 heteroatoms. The average molecular weight is 379 g/mol. The lowest BCUT2D eigenvalue weighted by Gasteiger charge is -2.16. The number of carbonyl (C=O) groups excluding carboxylic acids is 2. The highest BCUT2D eigenvalue weighted by Crippen LogP contribution is 2.25. The summed E-state index contributed by atoms with van der Waals surface area (Å²) < 4.78 is 5.21. The summed E-state index contributed by atoms with van der Waals surface area (Å²) in [6, 6.07) is 0. The van der Waals surface area contributed by atoms with Crippen LogP contribution in [-0.2, 0) is 9.53 Å². The lowest BCUT2D eigenvalue weighted by molar-refractivity contribution is -0.117. The van der Waals surface area contributed by atoms with Gasteiger partial charge in [-0.3, -0.25) is 9.69 Å². The van der Waals surface area contributed by atoms with E-state index in [2.05, 4.69) is 27.3 Å². The molecule has 0 N–H and O–H groups in total. The summed E-state index contributed by atoms with van der Waals surface area (Å²) in [6.07, 6.45) is 1.83. The largest absolute Gasteiger partial charge is 0.464 e. The van der Waals surface area contributed by atoms with Gasteiger partial charge in [0.2, 0.25) is 5.91 Å². The van der Waals surface area contributed by atoms with Gasteiger partial charge < -0.3 is 4.74 Å². The molecule has 0 bridgehead atoms. The molecule has 0 saturated carbocycles. The molecule has 96 valence electrons. The first-order valence-electron chi connectivity index (χ1n) is 5.12. The maximum Gasteiger partial charge on any atom is 0.360 e. The molecule has 0 radical (unpaired) electrons. The van der Waals surface area contributed by atoms with Crippen molar-refractivity contribution in [2.24, 2.45) is 0 Å². The zero-order valence-corrected chi connectivity index (χ0v) is 12.5. The number of hydrogen-bond acceptors (Lipinski definition) is 6. The van der Waals surface area contributed by atoms with Crippen molar-refractivity contribution < 1.29 is 14.3 Å². The molecule has 0 aromatic carbocycles. The standard InChI is InChI=1S/C10H10IN3O3S/c1-17-10(16)8-9(12-3-6(11)13-8)14-4-5(18)2-7(14)15/h3,5,18H,2,4H2,1H3. The number of rotatable bonds is 2. The van der Waals surface area contributed by atoms with E-state index in [0.717, 1.165) is 0 Å². The molecule has 1 fully saturated rings. The number of nitrogens with zero attached hydrogens (tertiary/aromatic N) is 3. The van der Waals surface area contributed by atoms with Gasteiger partial charge in [0.1, 0.15) is 3.70 Å². The third-order valence-electron chi connectivity index (χ3n) is 2.46. The first-order chi connectivity index (χ1) is 8.52. The minimum Gasteiger partial charge on any atom is -0.464 e. The molecule has 1 aliphatic heterocycles. The van der Waals surface area contributed by atoms with Crippen molar-refractivity contribution in [1.82, 2.24) is 9.97 Å². The molecule has 1 aromatic rings. The predicted octanol–water partition coefficient (Wildman–Crippen LogP) is 0.903. The van der Waals surface area contributed by atoms with Crippen molar-refractivity contribution in [2.45, 2.75) is 11.7 Å². The fourth-order valence-corrected chi connectivity index (χ4v) is 2.39. The van der Waals surface area contributed by atoms with Crippen molar-refractivity contribution in [3.8, 4) is 0 Å². The van der Waals surface area contributed by atoms with Gasteiger partial charge in [-0.1, -0.05) is 0 Å². The Labute approximate surface area is 123 Å². The number of halogens is 1. The Morgan fingerprint density at radius 2 is 2.39 bits per heavy atom. The Morgan fingerprint density at radius 1 is 1.67 bits per heavy atom. The number of aromatic nitrogens is 2. The van der Waals surface area contributed by atoms with Gasteiger partial charge in [-0.2, -0.15) is 12.6 Å². The van der Waals surface area contributed by atoms with Crippen LogP contribution in [0.3, 0.4) is 0 Å². The average Bonchev–Trinajstić information content (AvgIpc) is 2.67. The van der Waals surface area contributed by atoms with Crippen molar-refractivity contribution in [3.05, 3.63) is 15.6 Å². The smallest absolute Gasteiger partial charge is 0.360 e. The minimum absolute atomic E-state index is 0.0518. The topological polar surface area (TPSA) is 72.4 Å². The van der Waals surface area contributed by atoms with E-state index in [0.29, 0.717) is 16.7 Å². The van der Waals surface area contributed by atoms with Crippen LogP contribution in [0.4, 0.5) is 5.82 Å². The molecule has 1 amide bonds. The molecular formula is C10H10IN3O3S. The second kappa shape index (κ2) is 5.39. The van der Waals surface area contributed by atoms with Gasteiger partial charge in [-0.25, -0.2) is 14.8 Å². The number of anilines is 1. The van der Waals surface area contributed by atoms with Crippen LogP contribution < -0.4 is 4.90 Å². The molecule has 18 heavy (non-hydrogen) atoms. The van der Waals surface area contributed by atoms with Crippen molar-refractivity contribution in [3.63, 3.8) is 0 Å². The highest BCUT2D eigenvalue weighted by Gasteiger charge is 2.33. The molecule has 1 unspecified atom stereocenters. The molecular weight excluding hydrogens is 369 g/mol. The van der Waals surface area contributed by atoms with Gasteiger partial charge in [-0.15, -0.1) is 0 Å². The Balaban J connectivity index is 2.44. The van der Waals surface area contributed by atoms with Gasteiger partial charge in [-0.05, 0) is 22.6 Å². The monoisotopic (exact) mass is 379 g/mol.